The van der Waals surface area contributed by atoms with E-state index >= 15 is 0 Å². The van der Waals surface area contributed by atoms with E-state index in [-0.39, 0.29) is 6.42 Å². The number of carbonyl (C=O) groups is 1. The van der Waals surface area contributed by atoms with Crippen LogP contribution in [-0.2, 0) is 18.9 Å². The predicted molar refractivity (Wildman–Crippen MR) is 27.3 cm³/mol. The van der Waals surface area contributed by atoms with Crippen LogP contribution >= 0.6 is 8.25 Å². The third-order valence-electron chi connectivity index (χ3n) is 0.483. The van der Waals surface area contributed by atoms with Crippen LogP contribution in [-0.4, -0.2) is 10.9 Å². The lowest BCUT2D eigenvalue weighted by molar-refractivity contribution is -0.214. The standard InChI is InChI=1S/C3H5O5P/c1-2-3(4)7-8-9(5)6/h2H2,1H3/p+1. The minimum atomic E-state index is -2.83. The molecule has 52 valence electrons. The van der Waals surface area contributed by atoms with Crippen molar-refractivity contribution in [2.24, 2.45) is 0 Å². The monoisotopic (exact) mass is 153 g/mol. The number of hydrogen-bond acceptors (Lipinski definition) is 4. The summed E-state index contributed by atoms with van der Waals surface area (Å²) in [7, 11) is -2.83. The van der Waals surface area contributed by atoms with Crippen LogP contribution in [0.25, 0.3) is 0 Å². The first-order valence-corrected chi connectivity index (χ1v) is 3.33. The molecule has 1 N–H and O–H groups in total. The van der Waals surface area contributed by atoms with Crippen molar-refractivity contribution >= 4 is 14.2 Å². The Morgan fingerprint density at radius 2 is 2.33 bits per heavy atom. The van der Waals surface area contributed by atoms with Gasteiger partial charge < -0.3 is 0 Å². The molecule has 6 heteroatoms. The van der Waals surface area contributed by atoms with E-state index in [9.17, 15) is 9.36 Å². The highest BCUT2D eigenvalue weighted by Crippen LogP contribution is 2.14. The van der Waals surface area contributed by atoms with E-state index in [4.69, 9.17) is 4.89 Å². The van der Waals surface area contributed by atoms with Gasteiger partial charge in [0.05, 0.1) is 0 Å². The van der Waals surface area contributed by atoms with Gasteiger partial charge in [-0.05, 0) is 0 Å². The lowest BCUT2D eigenvalue weighted by atomic mass is 10.5. The number of rotatable bonds is 3. The molecule has 0 rings (SSSR count). The predicted octanol–water partition coefficient (Wildman–Crippen LogP) is 0.521. The molecule has 0 aromatic rings. The topological polar surface area (TPSA) is 72.8 Å². The summed E-state index contributed by atoms with van der Waals surface area (Å²) in [6.07, 6.45) is 0.114. The average molecular weight is 153 g/mol. The highest BCUT2D eigenvalue weighted by Gasteiger charge is 2.16. The quantitative estimate of drug-likeness (QED) is 0.363. The smallest absolute Gasteiger partial charge is 0.251 e. The molecule has 0 aromatic heterocycles. The first kappa shape index (κ1) is 8.49. The van der Waals surface area contributed by atoms with E-state index in [1.54, 1.807) is 0 Å². The first-order chi connectivity index (χ1) is 4.16. The molecule has 1 atom stereocenters. The third kappa shape index (κ3) is 5.36. The zero-order valence-corrected chi connectivity index (χ0v) is 5.63. The van der Waals surface area contributed by atoms with Crippen LogP contribution in [0.2, 0.25) is 0 Å². The highest BCUT2D eigenvalue weighted by molar-refractivity contribution is 7.31. The van der Waals surface area contributed by atoms with Crippen LogP contribution < -0.4 is 0 Å². The zero-order chi connectivity index (χ0) is 7.28. The van der Waals surface area contributed by atoms with E-state index in [1.807, 2.05) is 0 Å². The molecule has 0 spiro atoms. The van der Waals surface area contributed by atoms with E-state index in [0.717, 1.165) is 0 Å². The molecule has 0 bridgehead atoms. The maximum atomic E-state index is 10.1. The van der Waals surface area contributed by atoms with Crippen molar-refractivity contribution in [1.82, 2.24) is 0 Å². The molecule has 0 aliphatic heterocycles. The molecule has 0 aliphatic carbocycles. The second-order valence-corrected chi connectivity index (χ2v) is 1.75. The van der Waals surface area contributed by atoms with Gasteiger partial charge in [-0.3, -0.25) is 4.89 Å². The van der Waals surface area contributed by atoms with Gasteiger partial charge in [0.15, 0.2) is 0 Å². The van der Waals surface area contributed by atoms with Gasteiger partial charge >= 0.3 is 14.2 Å². The summed E-state index contributed by atoms with van der Waals surface area (Å²) in [6.45, 7) is 1.54. The lowest BCUT2D eigenvalue weighted by Crippen LogP contribution is -1.98. The Morgan fingerprint density at radius 1 is 1.78 bits per heavy atom. The Labute approximate surface area is 52.5 Å². The Kier molecular flexibility index (Phi) is 4.13. The fourth-order valence-electron chi connectivity index (χ4n) is 0.132. The molecule has 0 fully saturated rings. The minimum Gasteiger partial charge on any atom is -0.251 e. The summed E-state index contributed by atoms with van der Waals surface area (Å²) < 4.78 is 13.3. The van der Waals surface area contributed by atoms with Crippen molar-refractivity contribution in [2.75, 3.05) is 0 Å². The second-order valence-electron chi connectivity index (χ2n) is 1.12. The van der Waals surface area contributed by atoms with Gasteiger partial charge in [0, 0.05) is 11.0 Å². The summed E-state index contributed by atoms with van der Waals surface area (Å²) in [5, 5.41) is 0. The van der Waals surface area contributed by atoms with Gasteiger partial charge in [-0.15, -0.1) is 4.89 Å². The minimum absolute atomic E-state index is 0.114. The zero-order valence-electron chi connectivity index (χ0n) is 4.73. The van der Waals surface area contributed by atoms with Crippen molar-refractivity contribution in [1.29, 1.82) is 0 Å². The Bertz CT molecular complexity index is 121. The molecule has 0 aliphatic rings. The molecule has 9 heavy (non-hydrogen) atoms. The third-order valence-corrected chi connectivity index (χ3v) is 0.685. The Balaban J connectivity index is 3.28. The largest absolute Gasteiger partial charge is 0.736 e. The van der Waals surface area contributed by atoms with Gasteiger partial charge in [0.1, 0.15) is 4.67 Å². The molecular weight excluding hydrogens is 147 g/mol. The summed E-state index contributed by atoms with van der Waals surface area (Å²) in [4.78, 5) is 21.8. The second kappa shape index (κ2) is 4.38. The van der Waals surface area contributed by atoms with E-state index in [1.165, 1.54) is 6.92 Å². The van der Waals surface area contributed by atoms with Crippen LogP contribution in [0.3, 0.4) is 0 Å². The van der Waals surface area contributed by atoms with Crippen molar-refractivity contribution in [3.63, 3.8) is 0 Å². The molecule has 1 unspecified atom stereocenters. The lowest BCUT2D eigenvalue weighted by Gasteiger charge is -1.85. The highest BCUT2D eigenvalue weighted by atomic mass is 31.1. The number of carbonyl (C=O) groups excluding carboxylic acids is 1. The van der Waals surface area contributed by atoms with Crippen LogP contribution in [0.1, 0.15) is 13.3 Å². The fourth-order valence-corrected chi connectivity index (χ4v) is 0.279. The molecule has 0 saturated carbocycles. The summed E-state index contributed by atoms with van der Waals surface area (Å²) in [5.74, 6) is -0.674. The summed E-state index contributed by atoms with van der Waals surface area (Å²) in [6, 6.07) is 0. The number of hydrogen-bond donors (Lipinski definition) is 1. The molecule has 0 amide bonds. The summed E-state index contributed by atoms with van der Waals surface area (Å²) >= 11 is 0. The van der Waals surface area contributed by atoms with Crippen molar-refractivity contribution < 1.29 is 23.8 Å². The maximum absolute atomic E-state index is 10.1. The fraction of sp³-hybridized carbons (Fsp3) is 0.667. The molecule has 0 aromatic carbocycles. The first-order valence-electron chi connectivity index (χ1n) is 2.20. The maximum Gasteiger partial charge on any atom is 0.736 e. The van der Waals surface area contributed by atoms with Gasteiger partial charge in [0.25, 0.3) is 0 Å². The van der Waals surface area contributed by atoms with Gasteiger partial charge in [-0.25, -0.2) is 4.79 Å². The van der Waals surface area contributed by atoms with Crippen LogP contribution in [0.15, 0.2) is 0 Å². The molecule has 0 saturated heterocycles. The van der Waals surface area contributed by atoms with Crippen LogP contribution in [0.5, 0.6) is 0 Å². The van der Waals surface area contributed by atoms with Crippen molar-refractivity contribution in [3.05, 3.63) is 0 Å². The van der Waals surface area contributed by atoms with E-state index in [0.29, 0.717) is 0 Å². The van der Waals surface area contributed by atoms with Gasteiger partial charge in [0.2, 0.25) is 0 Å². The molecule has 0 heterocycles. The average Bonchev–Trinajstić information content (AvgIpc) is 1.83. The van der Waals surface area contributed by atoms with Gasteiger partial charge in [-0.1, -0.05) is 6.92 Å². The van der Waals surface area contributed by atoms with Gasteiger partial charge in [-0.2, -0.15) is 0 Å². The van der Waals surface area contributed by atoms with Crippen LogP contribution in [0, 0.1) is 0 Å². The molecule has 0 radical (unpaired) electrons. The molecule has 5 nitrogen and oxygen atoms in total. The van der Waals surface area contributed by atoms with Crippen molar-refractivity contribution in [2.45, 2.75) is 13.3 Å². The summed E-state index contributed by atoms with van der Waals surface area (Å²) in [5.41, 5.74) is 0. The Hall–Kier alpha value is -0.510. The van der Waals surface area contributed by atoms with E-state index < -0.39 is 14.2 Å². The SMILES string of the molecule is CCC(=O)OO[P+](=O)O. The van der Waals surface area contributed by atoms with Crippen molar-refractivity contribution in [3.8, 4) is 0 Å². The molecular formula is C3H6O5P+. The van der Waals surface area contributed by atoms with Crippen LogP contribution in [0.4, 0.5) is 0 Å². The normalized spacial score (nSPS) is 10.7. The Morgan fingerprint density at radius 3 is 2.67 bits per heavy atom. The van der Waals surface area contributed by atoms with E-state index in [2.05, 4.69) is 9.56 Å².